The van der Waals surface area contributed by atoms with Crippen molar-refractivity contribution >= 4 is 27.5 Å². The first-order valence-corrected chi connectivity index (χ1v) is 4.78. The summed E-state index contributed by atoms with van der Waals surface area (Å²) in [6.45, 7) is 0.398. The number of benzene rings is 1. The average molecular weight is 264 g/mol. The van der Waals surface area contributed by atoms with Crippen LogP contribution in [-0.4, -0.2) is 11.7 Å². The van der Waals surface area contributed by atoms with E-state index in [9.17, 15) is 0 Å². The van der Waals surface area contributed by atoms with Gasteiger partial charge in [0.2, 0.25) is 0 Å². The van der Waals surface area contributed by atoms with Crippen LogP contribution in [0.2, 0.25) is 0 Å². The number of hydrogen-bond acceptors (Lipinski definition) is 2. The van der Waals surface area contributed by atoms with Crippen LogP contribution in [0.5, 0.6) is 11.5 Å². The zero-order valence-corrected chi connectivity index (χ0v) is 9.05. The van der Waals surface area contributed by atoms with Gasteiger partial charge in [-0.1, -0.05) is 11.6 Å². The van der Waals surface area contributed by atoms with E-state index in [2.05, 4.69) is 15.9 Å². The average Bonchev–Trinajstić information content (AvgIpc) is 2.08. The smallest absolute Gasteiger partial charge is 0.120 e. The molecular weight excluding hydrogens is 255 g/mol. The molecule has 0 bridgehead atoms. The Balaban J connectivity index is 2.46. The predicted molar refractivity (Wildman–Crippen MR) is 56.5 cm³/mol. The van der Waals surface area contributed by atoms with Gasteiger partial charge < -0.3 is 9.84 Å². The largest absolute Gasteiger partial charge is 0.508 e. The molecule has 0 saturated heterocycles. The lowest BCUT2D eigenvalue weighted by Gasteiger charge is -2.02. The van der Waals surface area contributed by atoms with E-state index in [0.717, 1.165) is 0 Å². The standard InChI is InChI=1S/C9H8BrClO2/c10-9(11)5-6-13-8-3-1-7(12)2-4-8/h1-5,12H,6H2/b9-5+. The zero-order chi connectivity index (χ0) is 9.68. The summed E-state index contributed by atoms with van der Waals surface area (Å²) in [6, 6.07) is 6.50. The molecule has 0 aliphatic rings. The van der Waals surface area contributed by atoms with Crippen molar-refractivity contribution in [3.63, 3.8) is 0 Å². The number of phenols is 1. The van der Waals surface area contributed by atoms with Crippen molar-refractivity contribution in [1.29, 1.82) is 0 Å². The molecule has 0 aromatic heterocycles. The summed E-state index contributed by atoms with van der Waals surface area (Å²) in [4.78, 5) is 0. The fraction of sp³-hybridized carbons (Fsp3) is 0.111. The topological polar surface area (TPSA) is 29.5 Å². The third-order valence-electron chi connectivity index (χ3n) is 1.32. The molecule has 1 aromatic carbocycles. The van der Waals surface area contributed by atoms with Gasteiger partial charge in [0, 0.05) is 0 Å². The second kappa shape index (κ2) is 5.14. The van der Waals surface area contributed by atoms with Crippen LogP contribution >= 0.6 is 27.5 Å². The molecule has 0 saturated carbocycles. The Labute approximate surface area is 89.9 Å². The van der Waals surface area contributed by atoms with E-state index in [0.29, 0.717) is 16.3 Å². The van der Waals surface area contributed by atoms with E-state index in [1.165, 1.54) is 0 Å². The van der Waals surface area contributed by atoms with Crippen LogP contribution in [0.15, 0.2) is 34.3 Å². The molecule has 1 rings (SSSR count). The molecule has 0 aliphatic heterocycles. The zero-order valence-electron chi connectivity index (χ0n) is 6.71. The van der Waals surface area contributed by atoms with Crippen molar-refractivity contribution in [1.82, 2.24) is 0 Å². The van der Waals surface area contributed by atoms with Crippen molar-refractivity contribution in [2.45, 2.75) is 0 Å². The monoisotopic (exact) mass is 262 g/mol. The van der Waals surface area contributed by atoms with Crippen molar-refractivity contribution in [3.8, 4) is 11.5 Å². The molecular formula is C9H8BrClO2. The van der Waals surface area contributed by atoms with Crippen LogP contribution in [-0.2, 0) is 0 Å². The molecule has 0 unspecified atom stereocenters. The van der Waals surface area contributed by atoms with E-state index in [1.807, 2.05) is 0 Å². The first kappa shape index (κ1) is 10.4. The number of rotatable bonds is 3. The molecule has 70 valence electrons. The van der Waals surface area contributed by atoms with E-state index in [-0.39, 0.29) is 5.75 Å². The molecule has 0 radical (unpaired) electrons. The molecule has 0 amide bonds. The maximum Gasteiger partial charge on any atom is 0.120 e. The lowest BCUT2D eigenvalue weighted by molar-refractivity contribution is 0.362. The van der Waals surface area contributed by atoms with Gasteiger partial charge in [0.05, 0.1) is 3.94 Å². The van der Waals surface area contributed by atoms with E-state index < -0.39 is 0 Å². The minimum Gasteiger partial charge on any atom is -0.508 e. The van der Waals surface area contributed by atoms with Crippen LogP contribution in [0.1, 0.15) is 0 Å². The van der Waals surface area contributed by atoms with E-state index >= 15 is 0 Å². The van der Waals surface area contributed by atoms with Crippen LogP contribution in [0.3, 0.4) is 0 Å². The molecule has 13 heavy (non-hydrogen) atoms. The molecule has 0 heterocycles. The van der Waals surface area contributed by atoms with Crippen molar-refractivity contribution in [2.24, 2.45) is 0 Å². The Bertz CT molecular complexity index is 291. The Morgan fingerprint density at radius 1 is 1.46 bits per heavy atom. The van der Waals surface area contributed by atoms with E-state index in [1.54, 1.807) is 30.3 Å². The molecule has 2 nitrogen and oxygen atoms in total. The number of hydrogen-bond donors (Lipinski definition) is 1. The van der Waals surface area contributed by atoms with Gasteiger partial charge >= 0.3 is 0 Å². The normalized spacial score (nSPS) is 11.4. The summed E-state index contributed by atoms with van der Waals surface area (Å²) in [7, 11) is 0. The molecule has 4 heteroatoms. The lowest BCUT2D eigenvalue weighted by atomic mass is 10.3. The molecule has 0 spiro atoms. The summed E-state index contributed by atoms with van der Waals surface area (Å²) < 4.78 is 5.79. The highest BCUT2D eigenvalue weighted by Crippen LogP contribution is 2.16. The Morgan fingerprint density at radius 2 is 2.08 bits per heavy atom. The van der Waals surface area contributed by atoms with Gasteiger partial charge in [0.15, 0.2) is 0 Å². The second-order valence-electron chi connectivity index (χ2n) is 2.30. The summed E-state index contributed by atoms with van der Waals surface area (Å²) in [5, 5.41) is 8.97. The van der Waals surface area contributed by atoms with Gasteiger partial charge in [-0.25, -0.2) is 0 Å². The highest BCUT2D eigenvalue weighted by Gasteiger charge is 1.92. The SMILES string of the molecule is Oc1ccc(OC/C=C(/Cl)Br)cc1. The van der Waals surface area contributed by atoms with Gasteiger partial charge in [-0.3, -0.25) is 0 Å². The summed E-state index contributed by atoms with van der Waals surface area (Å²) in [5.41, 5.74) is 0. The predicted octanol–water partition coefficient (Wildman–Crippen LogP) is 3.25. The summed E-state index contributed by atoms with van der Waals surface area (Å²) in [5.74, 6) is 0.917. The molecule has 1 N–H and O–H groups in total. The third-order valence-corrected chi connectivity index (χ3v) is 1.80. The Hall–Kier alpha value is -0.670. The second-order valence-corrected chi connectivity index (χ2v) is 4.02. The molecule has 0 aliphatic carbocycles. The van der Waals surface area contributed by atoms with Gasteiger partial charge in [-0.2, -0.15) is 0 Å². The maximum absolute atomic E-state index is 8.97. The molecule has 0 fully saturated rings. The number of phenolic OH excluding ortho intramolecular Hbond substituents is 1. The first-order valence-electron chi connectivity index (χ1n) is 3.61. The van der Waals surface area contributed by atoms with E-state index in [4.69, 9.17) is 21.4 Å². The molecule has 0 atom stereocenters. The fourth-order valence-corrected chi connectivity index (χ4v) is 0.938. The number of halogens is 2. The lowest BCUT2D eigenvalue weighted by Crippen LogP contribution is -1.92. The van der Waals surface area contributed by atoms with Gasteiger partial charge in [-0.05, 0) is 46.3 Å². The van der Waals surface area contributed by atoms with Crippen molar-refractivity contribution in [2.75, 3.05) is 6.61 Å². The van der Waals surface area contributed by atoms with Crippen LogP contribution in [0.25, 0.3) is 0 Å². The van der Waals surface area contributed by atoms with Crippen molar-refractivity contribution < 1.29 is 9.84 Å². The minimum absolute atomic E-state index is 0.224. The number of aromatic hydroxyl groups is 1. The van der Waals surface area contributed by atoms with Gasteiger partial charge in [0.1, 0.15) is 18.1 Å². The maximum atomic E-state index is 8.97. The number of ether oxygens (including phenoxy) is 1. The Morgan fingerprint density at radius 3 is 2.62 bits per heavy atom. The highest BCUT2D eigenvalue weighted by molar-refractivity contribution is 9.12. The first-order chi connectivity index (χ1) is 6.18. The van der Waals surface area contributed by atoms with Crippen LogP contribution < -0.4 is 4.74 Å². The van der Waals surface area contributed by atoms with Crippen LogP contribution in [0.4, 0.5) is 0 Å². The van der Waals surface area contributed by atoms with Crippen molar-refractivity contribution in [3.05, 3.63) is 34.3 Å². The van der Waals surface area contributed by atoms with Crippen LogP contribution in [0, 0.1) is 0 Å². The quantitative estimate of drug-likeness (QED) is 0.907. The highest BCUT2D eigenvalue weighted by atomic mass is 79.9. The summed E-state index contributed by atoms with van der Waals surface area (Å²) >= 11 is 8.59. The van der Waals surface area contributed by atoms with Gasteiger partial charge in [0.25, 0.3) is 0 Å². The van der Waals surface area contributed by atoms with Gasteiger partial charge in [-0.15, -0.1) is 0 Å². The Kier molecular flexibility index (Phi) is 4.12. The fourth-order valence-electron chi connectivity index (χ4n) is 0.743. The molecule has 1 aromatic rings. The summed E-state index contributed by atoms with van der Waals surface area (Å²) in [6.07, 6.45) is 1.69. The minimum atomic E-state index is 0.224. The third kappa shape index (κ3) is 4.20.